The summed E-state index contributed by atoms with van der Waals surface area (Å²) in [5.41, 5.74) is 8.62. The molecule has 0 aromatic heterocycles. The molecule has 0 fully saturated rings. The number of carbonyl (C=O) groups is 3. The Bertz CT molecular complexity index is 1070. The molecule has 198 valence electrons. The van der Waals surface area contributed by atoms with E-state index < -0.39 is 17.9 Å². The maximum atomic E-state index is 13.6. The molecule has 0 radical (unpaired) electrons. The van der Waals surface area contributed by atoms with E-state index in [1.165, 1.54) is 5.56 Å². The highest BCUT2D eigenvalue weighted by Gasteiger charge is 2.43. The van der Waals surface area contributed by atoms with Crippen molar-refractivity contribution in [1.29, 1.82) is 0 Å². The molecule has 0 bridgehead atoms. The summed E-state index contributed by atoms with van der Waals surface area (Å²) < 4.78 is 0. The Hall–Kier alpha value is -3.52. The second-order valence-electron chi connectivity index (χ2n) is 9.57. The molecule has 1 unspecified atom stereocenters. The van der Waals surface area contributed by atoms with Crippen molar-refractivity contribution < 1.29 is 19.5 Å². The number of likely N-dealkylation sites (N-methyl/N-ethyl adjacent to an activating group) is 1. The number of aliphatic hydroxyl groups excluding tert-OH is 1. The van der Waals surface area contributed by atoms with Crippen LogP contribution in [0.3, 0.4) is 0 Å². The van der Waals surface area contributed by atoms with Crippen LogP contribution < -0.4 is 5.73 Å². The summed E-state index contributed by atoms with van der Waals surface area (Å²) in [5, 5.41) is 8.95. The number of hydrogen-bond acceptors (Lipinski definition) is 5. The van der Waals surface area contributed by atoms with Crippen molar-refractivity contribution in [2.45, 2.75) is 57.9 Å². The molecule has 37 heavy (non-hydrogen) atoms. The van der Waals surface area contributed by atoms with E-state index in [0.717, 1.165) is 29.7 Å². The molecule has 1 aliphatic heterocycles. The van der Waals surface area contributed by atoms with Crippen LogP contribution in [0.25, 0.3) is 0 Å². The zero-order valence-electron chi connectivity index (χ0n) is 21.9. The molecular weight excluding hydrogens is 468 g/mol. The average Bonchev–Trinajstić information content (AvgIpc) is 3.15. The minimum Gasteiger partial charge on any atom is -0.396 e. The number of aryl methyl sites for hydroxylation is 1. The number of amides is 3. The van der Waals surface area contributed by atoms with Gasteiger partial charge in [-0.25, -0.2) is 0 Å². The topological polar surface area (TPSA) is 116 Å². The van der Waals surface area contributed by atoms with Gasteiger partial charge in [-0.2, -0.15) is 0 Å². The summed E-state index contributed by atoms with van der Waals surface area (Å²) >= 11 is 0. The van der Waals surface area contributed by atoms with Crippen LogP contribution in [0.15, 0.2) is 53.5 Å². The lowest BCUT2D eigenvalue weighted by atomic mass is 10.0. The lowest BCUT2D eigenvalue weighted by molar-refractivity contribution is -0.134. The van der Waals surface area contributed by atoms with Crippen molar-refractivity contribution in [3.8, 4) is 0 Å². The zero-order valence-corrected chi connectivity index (χ0v) is 21.9. The van der Waals surface area contributed by atoms with E-state index in [9.17, 15) is 14.4 Å². The highest BCUT2D eigenvalue weighted by atomic mass is 16.3. The largest absolute Gasteiger partial charge is 0.396 e. The third kappa shape index (κ3) is 7.49. The van der Waals surface area contributed by atoms with Crippen LogP contribution >= 0.6 is 0 Å². The third-order valence-corrected chi connectivity index (χ3v) is 6.68. The predicted molar refractivity (Wildman–Crippen MR) is 145 cm³/mol. The predicted octanol–water partition coefficient (Wildman–Crippen LogP) is 3.21. The molecule has 3 amide bonds. The van der Waals surface area contributed by atoms with E-state index in [1.54, 1.807) is 43.1 Å². The first-order chi connectivity index (χ1) is 17.8. The smallest absolute Gasteiger partial charge is 0.262 e. The van der Waals surface area contributed by atoms with Gasteiger partial charge < -0.3 is 15.7 Å². The number of aliphatic hydroxyl groups is 1. The molecule has 8 nitrogen and oxygen atoms in total. The minimum atomic E-state index is -0.866. The number of nitrogens with two attached hydrogens (primary N) is 1. The third-order valence-electron chi connectivity index (χ3n) is 6.68. The van der Waals surface area contributed by atoms with Gasteiger partial charge in [0.1, 0.15) is 6.04 Å². The fourth-order valence-electron chi connectivity index (χ4n) is 4.53. The second-order valence-corrected chi connectivity index (χ2v) is 9.57. The Balaban J connectivity index is 1.66. The van der Waals surface area contributed by atoms with Crippen molar-refractivity contribution in [3.63, 3.8) is 0 Å². The summed E-state index contributed by atoms with van der Waals surface area (Å²) in [6.07, 6.45) is 5.04. The van der Waals surface area contributed by atoms with Gasteiger partial charge >= 0.3 is 0 Å². The van der Waals surface area contributed by atoms with Crippen molar-refractivity contribution in [3.05, 3.63) is 70.8 Å². The van der Waals surface area contributed by atoms with E-state index in [0.29, 0.717) is 55.7 Å². The maximum Gasteiger partial charge on any atom is 0.262 e. The van der Waals surface area contributed by atoms with Crippen LogP contribution in [0.4, 0.5) is 0 Å². The molecule has 1 heterocycles. The van der Waals surface area contributed by atoms with Crippen LogP contribution in [-0.4, -0.2) is 71.2 Å². The molecule has 8 heteroatoms. The van der Waals surface area contributed by atoms with Crippen LogP contribution in [-0.2, 0) is 17.6 Å². The molecule has 0 spiro atoms. The quantitative estimate of drug-likeness (QED) is 0.177. The van der Waals surface area contributed by atoms with Crippen molar-refractivity contribution in [2.75, 3.05) is 26.7 Å². The Morgan fingerprint density at radius 1 is 0.946 bits per heavy atom. The molecule has 3 N–H and O–H groups in total. The van der Waals surface area contributed by atoms with Gasteiger partial charge in [0.25, 0.3) is 11.8 Å². The minimum absolute atomic E-state index is 0.210. The van der Waals surface area contributed by atoms with Crippen LogP contribution in [0.1, 0.15) is 70.9 Å². The number of amidine groups is 1. The second kappa shape index (κ2) is 13.7. The van der Waals surface area contributed by atoms with Crippen molar-refractivity contribution in [1.82, 2.24) is 9.80 Å². The van der Waals surface area contributed by atoms with Crippen LogP contribution in [0.5, 0.6) is 0 Å². The van der Waals surface area contributed by atoms with Gasteiger partial charge in [-0.1, -0.05) is 36.4 Å². The number of nitrogens with zero attached hydrogens (tertiary/aromatic N) is 3. The normalized spacial score (nSPS) is 14.1. The van der Waals surface area contributed by atoms with Gasteiger partial charge in [0.15, 0.2) is 0 Å². The monoisotopic (exact) mass is 506 g/mol. The lowest BCUT2D eigenvalue weighted by Crippen LogP contribution is -2.50. The summed E-state index contributed by atoms with van der Waals surface area (Å²) in [6.45, 7) is 2.95. The number of rotatable bonds is 14. The molecule has 2 aromatic rings. The van der Waals surface area contributed by atoms with Crippen LogP contribution in [0.2, 0.25) is 0 Å². The summed E-state index contributed by atoms with van der Waals surface area (Å²) in [7, 11) is 1.72. The van der Waals surface area contributed by atoms with Gasteiger partial charge in [0, 0.05) is 26.7 Å². The number of unbranched alkanes of at least 4 members (excludes halogenated alkanes) is 2. The Kier molecular flexibility index (Phi) is 10.4. The molecule has 2 aromatic carbocycles. The summed E-state index contributed by atoms with van der Waals surface area (Å²) in [5.74, 6) is -0.570. The number of hydrogen-bond donors (Lipinski definition) is 2. The Morgan fingerprint density at radius 3 is 2.11 bits per heavy atom. The lowest BCUT2D eigenvalue weighted by Gasteiger charge is -2.29. The fraction of sp³-hybridized carbons (Fsp3) is 0.448. The first-order valence-electron chi connectivity index (χ1n) is 13.0. The zero-order chi connectivity index (χ0) is 26.8. The number of fused-ring (bicyclic) bond motifs is 1. The number of aliphatic imine (C=N–C) groups is 1. The highest BCUT2D eigenvalue weighted by molar-refractivity contribution is 6.22. The van der Waals surface area contributed by atoms with E-state index >= 15 is 0 Å². The molecular formula is C29H38N4O4. The van der Waals surface area contributed by atoms with E-state index in [1.807, 2.05) is 0 Å². The van der Waals surface area contributed by atoms with Gasteiger partial charge in [0.05, 0.1) is 17.0 Å². The standard InChI is InChI=1S/C29H38N4O4/c1-21(30)31-18-7-5-12-26(33-27(35)24-10-3-4-11-25(24)28(33)36)29(37)32(2)19-17-23-15-13-22(14-16-23)9-6-8-20-34/h3-4,10-11,13-16,26,34H,5-9,12,17-20H2,1-2H3,(H2,30,31). The van der Waals surface area contributed by atoms with E-state index in [2.05, 4.69) is 29.3 Å². The number of imide groups is 1. The number of benzene rings is 2. The van der Waals surface area contributed by atoms with E-state index in [-0.39, 0.29) is 12.5 Å². The van der Waals surface area contributed by atoms with E-state index in [4.69, 9.17) is 10.8 Å². The fourth-order valence-corrected chi connectivity index (χ4v) is 4.53. The molecule has 0 saturated heterocycles. The van der Waals surface area contributed by atoms with Crippen LogP contribution in [0, 0.1) is 0 Å². The molecule has 1 aliphatic rings. The van der Waals surface area contributed by atoms with Crippen molar-refractivity contribution >= 4 is 23.6 Å². The first-order valence-corrected chi connectivity index (χ1v) is 13.0. The van der Waals surface area contributed by atoms with Gasteiger partial charge in [0.2, 0.25) is 5.91 Å². The molecule has 0 aliphatic carbocycles. The SMILES string of the molecule is CC(N)=NCCCCC(C(=O)N(C)CCc1ccc(CCCCO)cc1)N1C(=O)c2ccccc2C1=O. The Morgan fingerprint density at radius 2 is 1.54 bits per heavy atom. The Labute approximate surface area is 219 Å². The molecule has 3 rings (SSSR count). The first kappa shape index (κ1) is 28.1. The van der Waals surface area contributed by atoms with Gasteiger partial charge in [-0.15, -0.1) is 0 Å². The summed E-state index contributed by atoms with van der Waals surface area (Å²) in [6, 6.07) is 14.1. The average molecular weight is 507 g/mol. The summed E-state index contributed by atoms with van der Waals surface area (Å²) in [4.78, 5) is 46.8. The molecule has 0 saturated carbocycles. The van der Waals surface area contributed by atoms with Gasteiger partial charge in [-0.3, -0.25) is 24.3 Å². The highest BCUT2D eigenvalue weighted by Crippen LogP contribution is 2.27. The molecule has 1 atom stereocenters. The number of carbonyl (C=O) groups excluding carboxylic acids is 3. The van der Waals surface area contributed by atoms with Crippen molar-refractivity contribution in [2.24, 2.45) is 10.7 Å². The maximum absolute atomic E-state index is 13.6. The van der Waals surface area contributed by atoms with Gasteiger partial charge in [-0.05, 0) is 75.1 Å².